The molecule has 1 heterocycles. The number of fused-ring (bicyclic) bond motifs is 1. The first kappa shape index (κ1) is 21.3. The van der Waals surface area contributed by atoms with Gasteiger partial charge in [-0.3, -0.25) is 19.2 Å². The van der Waals surface area contributed by atoms with Gasteiger partial charge in [-0.15, -0.1) is 0 Å². The molecule has 7 heteroatoms. The Balaban J connectivity index is 1.73. The Labute approximate surface area is 171 Å². The smallest absolute Gasteiger partial charge is 0.261 e. The zero-order valence-corrected chi connectivity index (χ0v) is 17.7. The Morgan fingerprint density at radius 3 is 2.59 bits per heavy atom. The number of Topliss-reactive ketones (excluding diaryl/α,β-unsaturated/α-hetero) is 1. The number of aromatic nitrogens is 1. The zero-order valence-electron chi connectivity index (χ0n) is 17.7. The molecule has 1 aromatic rings. The molecular weight excluding hydrogens is 370 g/mol. The average molecular weight is 402 g/mol. The molecule has 2 aliphatic rings. The monoisotopic (exact) mass is 401 g/mol. The molecule has 0 aromatic carbocycles. The molecule has 0 bridgehead atoms. The van der Waals surface area contributed by atoms with Crippen molar-refractivity contribution in [1.29, 1.82) is 0 Å². The summed E-state index contributed by atoms with van der Waals surface area (Å²) in [4.78, 5) is 52.8. The van der Waals surface area contributed by atoms with Crippen molar-refractivity contribution in [2.24, 2.45) is 11.3 Å². The lowest BCUT2D eigenvalue weighted by atomic mass is 9.75. The standard InChI is InChI=1S/C22H31N3O4/c1-12(2)23-19(27)13-6-5-7-14(8-13)24-20(28)16-9-15-17(25-21(16)29)10-22(3,4)11-18(15)26/h9,12-14H,5-8,10-11H2,1-4H3,(H,23,27)(H,24,28)(H,25,29). The second kappa shape index (κ2) is 8.13. The molecule has 0 radical (unpaired) electrons. The largest absolute Gasteiger partial charge is 0.354 e. The number of carbonyl (C=O) groups is 3. The van der Waals surface area contributed by atoms with Gasteiger partial charge in [0.15, 0.2) is 5.78 Å². The van der Waals surface area contributed by atoms with Gasteiger partial charge < -0.3 is 15.6 Å². The van der Waals surface area contributed by atoms with Gasteiger partial charge in [-0.05, 0) is 51.0 Å². The van der Waals surface area contributed by atoms with E-state index in [-0.39, 0.29) is 40.7 Å². The fourth-order valence-corrected chi connectivity index (χ4v) is 4.42. The van der Waals surface area contributed by atoms with Crippen LogP contribution in [0.3, 0.4) is 0 Å². The van der Waals surface area contributed by atoms with Gasteiger partial charge in [0.25, 0.3) is 11.5 Å². The van der Waals surface area contributed by atoms with Crippen LogP contribution in [0, 0.1) is 11.3 Å². The van der Waals surface area contributed by atoms with E-state index in [0.29, 0.717) is 30.5 Å². The molecule has 1 aromatic heterocycles. The van der Waals surface area contributed by atoms with Crippen LogP contribution in [-0.4, -0.2) is 34.7 Å². The number of nitrogens with one attached hydrogen (secondary N) is 3. The minimum Gasteiger partial charge on any atom is -0.354 e. The number of hydrogen-bond donors (Lipinski definition) is 3. The van der Waals surface area contributed by atoms with Crippen molar-refractivity contribution >= 4 is 17.6 Å². The van der Waals surface area contributed by atoms with E-state index in [2.05, 4.69) is 15.6 Å². The fourth-order valence-electron chi connectivity index (χ4n) is 4.42. The van der Waals surface area contributed by atoms with Crippen molar-refractivity contribution in [3.8, 4) is 0 Å². The molecule has 3 rings (SSSR count). The summed E-state index contributed by atoms with van der Waals surface area (Å²) >= 11 is 0. The number of amides is 2. The molecule has 0 saturated heterocycles. The predicted molar refractivity (Wildman–Crippen MR) is 110 cm³/mol. The molecule has 1 saturated carbocycles. The maximum atomic E-state index is 12.8. The van der Waals surface area contributed by atoms with Crippen molar-refractivity contribution in [3.63, 3.8) is 0 Å². The van der Waals surface area contributed by atoms with Gasteiger partial charge in [-0.2, -0.15) is 0 Å². The summed E-state index contributed by atoms with van der Waals surface area (Å²) in [5, 5.41) is 5.83. The van der Waals surface area contributed by atoms with E-state index in [4.69, 9.17) is 0 Å². The number of H-pyrrole nitrogens is 1. The summed E-state index contributed by atoms with van der Waals surface area (Å²) in [5.41, 5.74) is 0.329. The third kappa shape index (κ3) is 4.95. The Bertz CT molecular complexity index is 885. The summed E-state index contributed by atoms with van der Waals surface area (Å²) < 4.78 is 0. The molecule has 3 N–H and O–H groups in total. The molecule has 2 unspecified atom stereocenters. The van der Waals surface area contributed by atoms with Crippen LogP contribution in [-0.2, 0) is 11.2 Å². The molecule has 2 amide bonds. The lowest BCUT2D eigenvalue weighted by molar-refractivity contribution is -0.126. The summed E-state index contributed by atoms with van der Waals surface area (Å²) in [6.07, 6.45) is 3.96. The number of hydrogen-bond acceptors (Lipinski definition) is 4. The van der Waals surface area contributed by atoms with Gasteiger partial charge in [0.2, 0.25) is 5.91 Å². The average Bonchev–Trinajstić information content (AvgIpc) is 2.59. The Kier molecular flexibility index (Phi) is 5.96. The summed E-state index contributed by atoms with van der Waals surface area (Å²) in [6.45, 7) is 7.82. The fraction of sp³-hybridized carbons (Fsp3) is 0.636. The van der Waals surface area contributed by atoms with Crippen LogP contribution in [0.15, 0.2) is 10.9 Å². The van der Waals surface area contributed by atoms with Crippen molar-refractivity contribution in [2.45, 2.75) is 78.3 Å². The second-order valence-corrected chi connectivity index (χ2v) is 9.54. The summed E-state index contributed by atoms with van der Waals surface area (Å²) in [5.74, 6) is -0.660. The lowest BCUT2D eigenvalue weighted by Gasteiger charge is -2.30. The maximum Gasteiger partial charge on any atom is 0.261 e. The highest BCUT2D eigenvalue weighted by molar-refractivity contribution is 6.02. The Morgan fingerprint density at radius 1 is 1.17 bits per heavy atom. The highest BCUT2D eigenvalue weighted by Gasteiger charge is 2.33. The quantitative estimate of drug-likeness (QED) is 0.719. The Morgan fingerprint density at radius 2 is 1.90 bits per heavy atom. The number of pyridine rings is 1. The number of ketones is 1. The first-order valence-corrected chi connectivity index (χ1v) is 10.5. The number of carbonyl (C=O) groups excluding carboxylic acids is 3. The van der Waals surface area contributed by atoms with Gasteiger partial charge in [0.1, 0.15) is 5.56 Å². The first-order valence-electron chi connectivity index (χ1n) is 10.5. The van der Waals surface area contributed by atoms with Crippen molar-refractivity contribution < 1.29 is 14.4 Å². The van der Waals surface area contributed by atoms with Crippen LogP contribution in [0.1, 0.15) is 86.2 Å². The van der Waals surface area contributed by atoms with Crippen LogP contribution in [0.5, 0.6) is 0 Å². The van der Waals surface area contributed by atoms with E-state index < -0.39 is 11.5 Å². The Hall–Kier alpha value is -2.44. The van der Waals surface area contributed by atoms with Crippen molar-refractivity contribution in [2.75, 3.05) is 0 Å². The maximum absolute atomic E-state index is 12.8. The SMILES string of the molecule is CC(C)NC(=O)C1CCCC(NC(=O)c2cc3c([nH]c2=O)CC(C)(C)CC3=O)C1. The lowest BCUT2D eigenvalue weighted by Crippen LogP contribution is -2.44. The summed E-state index contributed by atoms with van der Waals surface area (Å²) in [7, 11) is 0. The highest BCUT2D eigenvalue weighted by atomic mass is 16.2. The van der Waals surface area contributed by atoms with Gasteiger partial charge in [0.05, 0.1) is 0 Å². The molecule has 0 spiro atoms. The van der Waals surface area contributed by atoms with E-state index in [1.54, 1.807) is 0 Å². The summed E-state index contributed by atoms with van der Waals surface area (Å²) in [6, 6.07) is 1.35. The molecule has 0 aliphatic heterocycles. The normalized spacial score (nSPS) is 23.4. The molecule has 7 nitrogen and oxygen atoms in total. The second-order valence-electron chi connectivity index (χ2n) is 9.54. The molecule has 1 fully saturated rings. The zero-order chi connectivity index (χ0) is 21.3. The van der Waals surface area contributed by atoms with Crippen LogP contribution < -0.4 is 16.2 Å². The van der Waals surface area contributed by atoms with Crippen LogP contribution in [0.4, 0.5) is 0 Å². The van der Waals surface area contributed by atoms with Gasteiger partial charge >= 0.3 is 0 Å². The van der Waals surface area contributed by atoms with E-state index in [1.807, 2.05) is 27.7 Å². The molecule has 158 valence electrons. The van der Waals surface area contributed by atoms with E-state index in [0.717, 1.165) is 19.3 Å². The number of rotatable bonds is 4. The van der Waals surface area contributed by atoms with E-state index in [9.17, 15) is 19.2 Å². The van der Waals surface area contributed by atoms with Gasteiger partial charge in [-0.1, -0.05) is 20.3 Å². The molecular formula is C22H31N3O4. The third-order valence-electron chi connectivity index (χ3n) is 5.77. The highest BCUT2D eigenvalue weighted by Crippen LogP contribution is 2.33. The van der Waals surface area contributed by atoms with Gasteiger partial charge in [-0.25, -0.2) is 0 Å². The van der Waals surface area contributed by atoms with Crippen LogP contribution in [0.2, 0.25) is 0 Å². The topological polar surface area (TPSA) is 108 Å². The minimum atomic E-state index is -0.485. The number of aromatic amines is 1. The van der Waals surface area contributed by atoms with Gasteiger partial charge in [0, 0.05) is 35.7 Å². The third-order valence-corrected chi connectivity index (χ3v) is 5.77. The molecule has 29 heavy (non-hydrogen) atoms. The van der Waals surface area contributed by atoms with Crippen molar-refractivity contribution in [1.82, 2.24) is 15.6 Å². The molecule has 2 aliphatic carbocycles. The van der Waals surface area contributed by atoms with E-state index in [1.165, 1.54) is 6.07 Å². The van der Waals surface area contributed by atoms with Crippen LogP contribution >= 0.6 is 0 Å². The predicted octanol–water partition coefficient (Wildman–Crippen LogP) is 2.34. The first-order chi connectivity index (χ1) is 13.6. The van der Waals surface area contributed by atoms with Crippen LogP contribution in [0.25, 0.3) is 0 Å². The minimum absolute atomic E-state index is 0.0128. The molecule has 2 atom stereocenters. The van der Waals surface area contributed by atoms with E-state index >= 15 is 0 Å². The van der Waals surface area contributed by atoms with Crippen molar-refractivity contribution in [3.05, 3.63) is 33.2 Å².